The second-order valence-electron chi connectivity index (χ2n) is 4.23. The fourth-order valence-electron chi connectivity index (χ4n) is 1.76. The van der Waals surface area contributed by atoms with Gasteiger partial charge < -0.3 is 0 Å². The maximum absolute atomic E-state index is 11.1. The zero-order valence-corrected chi connectivity index (χ0v) is 13.4. The van der Waals surface area contributed by atoms with E-state index >= 15 is 0 Å². The Morgan fingerprint density at radius 3 is 2.95 bits per heavy atom. The van der Waals surface area contributed by atoms with Gasteiger partial charge in [-0.15, -0.1) is 32.9 Å². The van der Waals surface area contributed by atoms with E-state index in [4.69, 9.17) is 0 Å². The van der Waals surface area contributed by atoms with E-state index in [1.54, 1.807) is 29.6 Å². The van der Waals surface area contributed by atoms with Crippen molar-refractivity contribution in [1.29, 1.82) is 0 Å². The summed E-state index contributed by atoms with van der Waals surface area (Å²) in [5.41, 5.74) is 1.74. The monoisotopic (exact) mass is 321 g/mol. The zero-order valence-electron chi connectivity index (χ0n) is 10.9. The standard InChI is InChI=1S/C13H11N3OS3/c1-7(17)6-19-13-11-12(20-8(2)14-11)10(15-16-13)9-4-3-5-18-9/h3-5H,6H2,1-2H3. The van der Waals surface area contributed by atoms with E-state index < -0.39 is 0 Å². The van der Waals surface area contributed by atoms with Gasteiger partial charge in [0.05, 0.1) is 20.3 Å². The average Bonchev–Trinajstić information content (AvgIpc) is 3.03. The van der Waals surface area contributed by atoms with Crippen molar-refractivity contribution in [2.45, 2.75) is 18.9 Å². The lowest BCUT2D eigenvalue weighted by Gasteiger charge is -2.02. The Morgan fingerprint density at radius 1 is 1.40 bits per heavy atom. The third-order valence-corrected chi connectivity index (χ3v) is 5.51. The molecule has 0 N–H and O–H groups in total. The van der Waals surface area contributed by atoms with Gasteiger partial charge in [0.25, 0.3) is 0 Å². The molecule has 0 aliphatic carbocycles. The second-order valence-corrected chi connectivity index (χ2v) is 7.35. The highest BCUT2D eigenvalue weighted by Crippen LogP contribution is 2.36. The highest BCUT2D eigenvalue weighted by Gasteiger charge is 2.16. The number of thioether (sulfide) groups is 1. The van der Waals surface area contributed by atoms with E-state index in [-0.39, 0.29) is 5.78 Å². The van der Waals surface area contributed by atoms with Crippen molar-refractivity contribution < 1.29 is 4.79 Å². The van der Waals surface area contributed by atoms with Gasteiger partial charge in [0.15, 0.2) is 0 Å². The topological polar surface area (TPSA) is 55.7 Å². The Hall–Kier alpha value is -1.31. The Kier molecular flexibility index (Phi) is 3.82. The lowest BCUT2D eigenvalue weighted by atomic mass is 10.3. The molecule has 3 aromatic heterocycles. The molecule has 0 saturated carbocycles. The summed E-state index contributed by atoms with van der Waals surface area (Å²) < 4.78 is 1.05. The number of thiophene rings is 1. The average molecular weight is 321 g/mol. The van der Waals surface area contributed by atoms with E-state index in [0.717, 1.165) is 30.8 Å². The maximum Gasteiger partial charge on any atom is 0.146 e. The molecule has 20 heavy (non-hydrogen) atoms. The minimum Gasteiger partial charge on any atom is -0.299 e. The lowest BCUT2D eigenvalue weighted by Crippen LogP contribution is -1.96. The predicted octanol–water partition coefficient (Wildman–Crippen LogP) is 3.80. The van der Waals surface area contributed by atoms with Crippen molar-refractivity contribution in [3.63, 3.8) is 0 Å². The molecule has 3 aromatic rings. The highest BCUT2D eigenvalue weighted by molar-refractivity contribution is 8.00. The van der Waals surface area contributed by atoms with Crippen LogP contribution in [0.5, 0.6) is 0 Å². The van der Waals surface area contributed by atoms with Gasteiger partial charge >= 0.3 is 0 Å². The molecule has 0 radical (unpaired) electrons. The molecule has 0 unspecified atom stereocenters. The van der Waals surface area contributed by atoms with Gasteiger partial charge in [-0.1, -0.05) is 17.8 Å². The van der Waals surface area contributed by atoms with E-state index in [1.165, 1.54) is 11.8 Å². The first-order valence-electron chi connectivity index (χ1n) is 5.95. The van der Waals surface area contributed by atoms with Gasteiger partial charge in [0.2, 0.25) is 0 Å². The van der Waals surface area contributed by atoms with Crippen LogP contribution in [0.2, 0.25) is 0 Å². The number of Topliss-reactive ketones (excluding diaryl/α,β-unsaturated/α-hetero) is 1. The van der Waals surface area contributed by atoms with Crippen molar-refractivity contribution in [2.24, 2.45) is 0 Å². The van der Waals surface area contributed by atoms with Crippen molar-refractivity contribution >= 4 is 50.4 Å². The number of carbonyl (C=O) groups excluding carboxylic acids is 1. The first-order valence-corrected chi connectivity index (χ1v) is 8.63. The van der Waals surface area contributed by atoms with Gasteiger partial charge in [0, 0.05) is 0 Å². The molecular weight excluding hydrogens is 310 g/mol. The summed E-state index contributed by atoms with van der Waals surface area (Å²) in [6, 6.07) is 4.03. The van der Waals surface area contributed by atoms with Crippen LogP contribution in [0.25, 0.3) is 20.8 Å². The minimum atomic E-state index is 0.124. The van der Waals surface area contributed by atoms with Gasteiger partial charge in [-0.2, -0.15) is 0 Å². The Balaban J connectivity index is 2.12. The molecule has 0 aliphatic heterocycles. The zero-order chi connectivity index (χ0) is 14.1. The van der Waals surface area contributed by atoms with Gasteiger partial charge in [-0.05, 0) is 25.3 Å². The van der Waals surface area contributed by atoms with Crippen molar-refractivity contribution in [1.82, 2.24) is 15.2 Å². The number of hydrogen-bond donors (Lipinski definition) is 0. The van der Waals surface area contributed by atoms with Crippen LogP contribution in [-0.4, -0.2) is 26.7 Å². The first-order chi connectivity index (χ1) is 9.65. The number of ketones is 1. The number of thiazole rings is 1. The smallest absolute Gasteiger partial charge is 0.146 e. The summed E-state index contributed by atoms with van der Waals surface area (Å²) in [6.07, 6.45) is 0. The largest absolute Gasteiger partial charge is 0.299 e. The number of carbonyl (C=O) groups is 1. The molecule has 3 heterocycles. The number of aryl methyl sites for hydroxylation is 1. The Morgan fingerprint density at radius 2 is 2.25 bits per heavy atom. The number of fused-ring (bicyclic) bond motifs is 1. The molecule has 0 spiro atoms. The van der Waals surface area contributed by atoms with E-state index in [2.05, 4.69) is 15.2 Å². The molecule has 0 fully saturated rings. The van der Waals surface area contributed by atoms with Crippen molar-refractivity contribution in [3.05, 3.63) is 22.5 Å². The Bertz CT molecular complexity index is 765. The maximum atomic E-state index is 11.1. The summed E-state index contributed by atoms with van der Waals surface area (Å²) in [7, 11) is 0. The number of aromatic nitrogens is 3. The molecule has 0 bridgehead atoms. The van der Waals surface area contributed by atoms with Gasteiger partial charge in [-0.25, -0.2) is 4.98 Å². The first kappa shape index (κ1) is 13.7. The van der Waals surface area contributed by atoms with Crippen LogP contribution in [-0.2, 0) is 4.79 Å². The summed E-state index contributed by atoms with van der Waals surface area (Å²) >= 11 is 4.66. The summed E-state index contributed by atoms with van der Waals surface area (Å²) in [5.74, 6) is 0.526. The minimum absolute atomic E-state index is 0.124. The van der Waals surface area contributed by atoms with Crippen molar-refractivity contribution in [3.8, 4) is 10.6 Å². The fourth-order valence-corrected chi connectivity index (χ4v) is 4.25. The SMILES string of the molecule is CC(=O)CSc1nnc(-c2cccs2)c2sc(C)nc12. The quantitative estimate of drug-likeness (QED) is 0.684. The van der Waals surface area contributed by atoms with Crippen LogP contribution in [0.4, 0.5) is 0 Å². The van der Waals surface area contributed by atoms with E-state index in [9.17, 15) is 4.79 Å². The number of hydrogen-bond acceptors (Lipinski definition) is 7. The van der Waals surface area contributed by atoms with E-state index in [0.29, 0.717) is 5.75 Å². The summed E-state index contributed by atoms with van der Waals surface area (Å²) in [6.45, 7) is 3.55. The molecule has 0 amide bonds. The van der Waals surface area contributed by atoms with Crippen LogP contribution in [0.3, 0.4) is 0 Å². The second kappa shape index (κ2) is 5.59. The molecule has 0 aliphatic rings. The van der Waals surface area contributed by atoms with E-state index in [1.807, 2.05) is 24.4 Å². The molecule has 0 saturated heterocycles. The van der Waals surface area contributed by atoms with Crippen molar-refractivity contribution in [2.75, 3.05) is 5.75 Å². The van der Waals surface area contributed by atoms with Crippen LogP contribution in [0.1, 0.15) is 11.9 Å². The van der Waals surface area contributed by atoms with Crippen LogP contribution < -0.4 is 0 Å². The molecule has 3 rings (SSSR count). The third-order valence-electron chi connectivity index (χ3n) is 2.56. The lowest BCUT2D eigenvalue weighted by molar-refractivity contribution is -0.114. The highest BCUT2D eigenvalue weighted by atomic mass is 32.2. The molecule has 0 aromatic carbocycles. The number of rotatable bonds is 4. The summed E-state index contributed by atoms with van der Waals surface area (Å²) in [4.78, 5) is 16.8. The molecule has 0 atom stereocenters. The molecule has 102 valence electrons. The van der Waals surface area contributed by atoms with Gasteiger partial charge in [-0.3, -0.25) is 4.79 Å². The number of nitrogens with zero attached hydrogens (tertiary/aromatic N) is 3. The van der Waals surface area contributed by atoms with Crippen LogP contribution >= 0.6 is 34.4 Å². The Labute approximate surface area is 128 Å². The van der Waals surface area contributed by atoms with Gasteiger partial charge in [0.1, 0.15) is 22.0 Å². The molecular formula is C13H11N3OS3. The molecule has 4 nitrogen and oxygen atoms in total. The summed E-state index contributed by atoms with van der Waals surface area (Å²) in [5, 5.41) is 12.3. The molecule has 7 heteroatoms. The van der Waals surface area contributed by atoms with Crippen LogP contribution in [0, 0.1) is 6.92 Å². The normalized spacial score (nSPS) is 11.1. The fraction of sp³-hybridized carbons (Fsp3) is 0.231. The predicted molar refractivity (Wildman–Crippen MR) is 84.7 cm³/mol. The van der Waals surface area contributed by atoms with Crippen LogP contribution in [0.15, 0.2) is 22.5 Å². The third kappa shape index (κ3) is 2.61.